The molecule has 14 heavy (non-hydrogen) atoms. The lowest BCUT2D eigenvalue weighted by Crippen LogP contribution is -2.26. The SMILES string of the molecule is CCN(c1ncnc(N)c1Cl)C1CC1. The van der Waals surface area contributed by atoms with Gasteiger partial charge in [0.05, 0.1) is 0 Å². The van der Waals surface area contributed by atoms with E-state index in [1.165, 1.54) is 19.2 Å². The van der Waals surface area contributed by atoms with Crippen LogP contribution in [0.3, 0.4) is 0 Å². The highest BCUT2D eigenvalue weighted by atomic mass is 35.5. The van der Waals surface area contributed by atoms with Crippen LogP contribution in [0.4, 0.5) is 11.6 Å². The normalized spacial score (nSPS) is 15.6. The summed E-state index contributed by atoms with van der Waals surface area (Å²) in [6, 6.07) is 0.590. The molecule has 1 aliphatic carbocycles. The van der Waals surface area contributed by atoms with Gasteiger partial charge in [-0.1, -0.05) is 11.6 Å². The molecule has 76 valence electrons. The minimum absolute atomic E-state index is 0.357. The quantitative estimate of drug-likeness (QED) is 0.829. The number of nitrogens with zero attached hydrogens (tertiary/aromatic N) is 3. The zero-order chi connectivity index (χ0) is 10.1. The van der Waals surface area contributed by atoms with Gasteiger partial charge in [-0.05, 0) is 19.8 Å². The van der Waals surface area contributed by atoms with Gasteiger partial charge in [0.25, 0.3) is 0 Å². The van der Waals surface area contributed by atoms with E-state index >= 15 is 0 Å². The lowest BCUT2D eigenvalue weighted by Gasteiger charge is -2.22. The summed E-state index contributed by atoms with van der Waals surface area (Å²) in [5, 5.41) is 0.473. The van der Waals surface area contributed by atoms with Crippen LogP contribution in [-0.4, -0.2) is 22.6 Å². The molecule has 0 saturated heterocycles. The lowest BCUT2D eigenvalue weighted by atomic mass is 10.4. The second-order valence-corrected chi connectivity index (χ2v) is 3.79. The summed E-state index contributed by atoms with van der Waals surface area (Å²) in [5.41, 5.74) is 5.62. The molecule has 1 aliphatic rings. The topological polar surface area (TPSA) is 55.0 Å². The summed E-state index contributed by atoms with van der Waals surface area (Å²) in [6.45, 7) is 2.99. The molecule has 1 saturated carbocycles. The van der Waals surface area contributed by atoms with Crippen LogP contribution in [-0.2, 0) is 0 Å². The Labute approximate surface area is 88.1 Å². The number of rotatable bonds is 3. The van der Waals surface area contributed by atoms with Crippen LogP contribution in [0.15, 0.2) is 6.33 Å². The number of halogens is 1. The van der Waals surface area contributed by atoms with E-state index in [0.717, 1.165) is 12.4 Å². The smallest absolute Gasteiger partial charge is 0.153 e. The Hall–Kier alpha value is -1.03. The molecule has 4 nitrogen and oxygen atoms in total. The fourth-order valence-corrected chi connectivity index (χ4v) is 1.75. The zero-order valence-electron chi connectivity index (χ0n) is 8.07. The van der Waals surface area contributed by atoms with Gasteiger partial charge < -0.3 is 10.6 Å². The Bertz CT molecular complexity index is 338. The van der Waals surface area contributed by atoms with Crippen molar-refractivity contribution in [2.75, 3.05) is 17.2 Å². The van der Waals surface area contributed by atoms with Crippen molar-refractivity contribution in [2.45, 2.75) is 25.8 Å². The first kappa shape index (κ1) is 9.52. The molecule has 0 atom stereocenters. The summed E-state index contributed by atoms with van der Waals surface area (Å²) < 4.78 is 0. The third kappa shape index (κ3) is 1.62. The van der Waals surface area contributed by atoms with E-state index in [0.29, 0.717) is 16.9 Å². The van der Waals surface area contributed by atoms with Gasteiger partial charge in [-0.15, -0.1) is 0 Å². The molecule has 0 amide bonds. The maximum atomic E-state index is 6.05. The van der Waals surface area contributed by atoms with Gasteiger partial charge in [0.15, 0.2) is 5.82 Å². The largest absolute Gasteiger partial charge is 0.382 e. The summed E-state index contributed by atoms with van der Waals surface area (Å²) in [5.74, 6) is 1.12. The van der Waals surface area contributed by atoms with Crippen LogP contribution < -0.4 is 10.6 Å². The van der Waals surface area contributed by atoms with E-state index in [-0.39, 0.29) is 0 Å². The van der Waals surface area contributed by atoms with E-state index in [1.807, 2.05) is 0 Å². The van der Waals surface area contributed by atoms with Crippen molar-refractivity contribution in [2.24, 2.45) is 0 Å². The molecule has 2 rings (SSSR count). The Morgan fingerprint density at radius 1 is 1.57 bits per heavy atom. The van der Waals surface area contributed by atoms with Crippen LogP contribution in [0.5, 0.6) is 0 Å². The molecule has 0 radical (unpaired) electrons. The molecule has 1 heterocycles. The molecule has 5 heteroatoms. The highest BCUT2D eigenvalue weighted by molar-refractivity contribution is 6.35. The molecular formula is C9H13ClN4. The zero-order valence-corrected chi connectivity index (χ0v) is 8.83. The molecule has 0 spiro atoms. The van der Waals surface area contributed by atoms with Crippen molar-refractivity contribution in [1.82, 2.24) is 9.97 Å². The maximum absolute atomic E-state index is 6.05. The molecule has 0 aromatic carbocycles. The first-order valence-electron chi connectivity index (χ1n) is 4.76. The van der Waals surface area contributed by atoms with Crippen LogP contribution in [0, 0.1) is 0 Å². The lowest BCUT2D eigenvalue weighted by molar-refractivity contribution is 0.806. The number of anilines is 2. The monoisotopic (exact) mass is 212 g/mol. The standard InChI is InChI=1S/C9H13ClN4/c1-2-14(6-3-4-6)9-7(10)8(11)12-5-13-9/h5-6H,2-4H2,1H3,(H2,11,12,13). The van der Waals surface area contributed by atoms with Gasteiger partial charge >= 0.3 is 0 Å². The fourth-order valence-electron chi connectivity index (χ4n) is 1.54. The number of hydrogen-bond donors (Lipinski definition) is 1. The number of hydrogen-bond acceptors (Lipinski definition) is 4. The van der Waals surface area contributed by atoms with E-state index in [2.05, 4.69) is 21.8 Å². The van der Waals surface area contributed by atoms with Crippen molar-refractivity contribution in [3.05, 3.63) is 11.3 Å². The van der Waals surface area contributed by atoms with E-state index in [4.69, 9.17) is 17.3 Å². The molecule has 0 unspecified atom stereocenters. The Kier molecular flexibility index (Phi) is 2.46. The predicted molar refractivity (Wildman–Crippen MR) is 57.5 cm³/mol. The second kappa shape index (κ2) is 3.61. The van der Waals surface area contributed by atoms with Gasteiger partial charge in [-0.25, -0.2) is 9.97 Å². The molecule has 1 aromatic rings. The third-order valence-electron chi connectivity index (χ3n) is 2.40. The molecule has 1 aromatic heterocycles. The Morgan fingerprint density at radius 3 is 2.86 bits per heavy atom. The van der Waals surface area contributed by atoms with E-state index in [9.17, 15) is 0 Å². The van der Waals surface area contributed by atoms with Gasteiger partial charge in [-0.3, -0.25) is 0 Å². The van der Waals surface area contributed by atoms with Crippen molar-refractivity contribution < 1.29 is 0 Å². The average Bonchev–Trinajstić information content (AvgIpc) is 2.97. The molecule has 2 N–H and O–H groups in total. The van der Waals surface area contributed by atoms with Crippen molar-refractivity contribution >= 4 is 23.2 Å². The summed E-state index contributed by atoms with van der Waals surface area (Å²) in [7, 11) is 0. The number of nitrogen functional groups attached to an aromatic ring is 1. The molecule has 0 bridgehead atoms. The summed E-state index contributed by atoms with van der Waals surface area (Å²) >= 11 is 6.05. The van der Waals surface area contributed by atoms with E-state index in [1.54, 1.807) is 0 Å². The van der Waals surface area contributed by atoms with E-state index < -0.39 is 0 Å². The molecule has 1 fully saturated rings. The highest BCUT2D eigenvalue weighted by Gasteiger charge is 2.30. The van der Waals surface area contributed by atoms with Gasteiger partial charge in [0, 0.05) is 12.6 Å². The molecular weight excluding hydrogens is 200 g/mol. The molecule has 0 aliphatic heterocycles. The Balaban J connectivity index is 2.33. The average molecular weight is 213 g/mol. The van der Waals surface area contributed by atoms with Gasteiger partial charge in [0.1, 0.15) is 17.2 Å². The third-order valence-corrected chi connectivity index (χ3v) is 2.76. The summed E-state index contributed by atoms with van der Waals surface area (Å²) in [6.07, 6.45) is 3.89. The first-order valence-corrected chi connectivity index (χ1v) is 5.14. The van der Waals surface area contributed by atoms with Gasteiger partial charge in [-0.2, -0.15) is 0 Å². The fraction of sp³-hybridized carbons (Fsp3) is 0.556. The van der Waals surface area contributed by atoms with Crippen molar-refractivity contribution in [3.8, 4) is 0 Å². The minimum atomic E-state index is 0.357. The maximum Gasteiger partial charge on any atom is 0.153 e. The van der Waals surface area contributed by atoms with Crippen molar-refractivity contribution in [3.63, 3.8) is 0 Å². The Morgan fingerprint density at radius 2 is 2.29 bits per heavy atom. The highest BCUT2D eigenvalue weighted by Crippen LogP contribution is 2.35. The minimum Gasteiger partial charge on any atom is -0.382 e. The summed E-state index contributed by atoms with van der Waals surface area (Å²) in [4.78, 5) is 10.2. The number of nitrogens with two attached hydrogens (primary N) is 1. The van der Waals surface area contributed by atoms with Gasteiger partial charge in [0.2, 0.25) is 0 Å². The van der Waals surface area contributed by atoms with Crippen LogP contribution >= 0.6 is 11.6 Å². The predicted octanol–water partition coefficient (Wildman–Crippen LogP) is 1.70. The van der Waals surface area contributed by atoms with Crippen LogP contribution in [0.1, 0.15) is 19.8 Å². The van der Waals surface area contributed by atoms with Crippen LogP contribution in [0.2, 0.25) is 5.02 Å². The van der Waals surface area contributed by atoms with Crippen molar-refractivity contribution in [1.29, 1.82) is 0 Å². The second-order valence-electron chi connectivity index (χ2n) is 3.41. The number of aromatic nitrogens is 2. The van der Waals surface area contributed by atoms with Crippen LogP contribution in [0.25, 0.3) is 0 Å². The first-order chi connectivity index (χ1) is 6.74.